The molecule has 0 aliphatic heterocycles. The van der Waals surface area contributed by atoms with Crippen molar-refractivity contribution in [2.75, 3.05) is 0 Å². The van der Waals surface area contributed by atoms with E-state index in [1.54, 1.807) is 6.92 Å². The van der Waals surface area contributed by atoms with Gasteiger partial charge in [-0.15, -0.1) is 10.2 Å². The lowest BCUT2D eigenvalue weighted by molar-refractivity contribution is 0.569. The zero-order valence-electron chi connectivity index (χ0n) is 9.41. The topological polar surface area (TPSA) is 104 Å². The molecule has 0 atom stereocenters. The van der Waals surface area contributed by atoms with Crippen molar-refractivity contribution in [3.63, 3.8) is 0 Å². The minimum absolute atomic E-state index is 0.0985. The number of nitrogens with two attached hydrogens (primary N) is 1. The molecule has 18 heavy (non-hydrogen) atoms. The van der Waals surface area contributed by atoms with E-state index in [-0.39, 0.29) is 17.9 Å². The lowest BCUT2D eigenvalue weighted by Crippen LogP contribution is -2.18. The highest BCUT2D eigenvalue weighted by Gasteiger charge is 2.22. The van der Waals surface area contributed by atoms with Crippen molar-refractivity contribution in [2.24, 2.45) is 5.14 Å². The standard InChI is InChI=1S/C9H10FN5O2S/c1-2-15-8(6-3-4-12-5-7(6)10)13-14-9(15)18(11,16)17/h3-5H,2H2,1H3,(H2,11,16,17). The molecular formula is C9H10FN5O2S. The predicted molar refractivity (Wildman–Crippen MR) is 60.3 cm³/mol. The zero-order valence-corrected chi connectivity index (χ0v) is 10.2. The number of aromatic nitrogens is 4. The van der Waals surface area contributed by atoms with E-state index in [2.05, 4.69) is 15.2 Å². The molecule has 0 aliphatic rings. The van der Waals surface area contributed by atoms with E-state index in [4.69, 9.17) is 5.14 Å². The largest absolute Gasteiger partial charge is 0.297 e. The summed E-state index contributed by atoms with van der Waals surface area (Å²) in [6.45, 7) is 1.93. The molecule has 2 aromatic heterocycles. The first-order valence-electron chi connectivity index (χ1n) is 5.01. The molecular weight excluding hydrogens is 261 g/mol. The quantitative estimate of drug-likeness (QED) is 0.855. The van der Waals surface area contributed by atoms with Gasteiger partial charge in [0.2, 0.25) is 0 Å². The summed E-state index contributed by atoms with van der Waals surface area (Å²) in [5.74, 6) is -0.512. The maximum absolute atomic E-state index is 13.6. The Labute approximate surface area is 103 Å². The van der Waals surface area contributed by atoms with Crippen LogP contribution in [0.2, 0.25) is 0 Å². The summed E-state index contributed by atoms with van der Waals surface area (Å²) in [5, 5.41) is 11.8. The molecule has 2 heterocycles. The smallest absolute Gasteiger partial charge is 0.273 e. The first kappa shape index (κ1) is 12.6. The summed E-state index contributed by atoms with van der Waals surface area (Å²) < 4.78 is 37.4. The molecule has 9 heteroatoms. The van der Waals surface area contributed by atoms with Gasteiger partial charge in [-0.2, -0.15) is 0 Å². The van der Waals surface area contributed by atoms with Crippen LogP contribution >= 0.6 is 0 Å². The minimum Gasteiger partial charge on any atom is -0.297 e. The summed E-state index contributed by atoms with van der Waals surface area (Å²) in [5.41, 5.74) is 0.120. The molecule has 0 unspecified atom stereocenters. The van der Waals surface area contributed by atoms with E-state index in [9.17, 15) is 12.8 Å². The van der Waals surface area contributed by atoms with Gasteiger partial charge in [0.05, 0.1) is 11.8 Å². The van der Waals surface area contributed by atoms with Crippen LogP contribution in [0.4, 0.5) is 4.39 Å². The summed E-state index contributed by atoms with van der Waals surface area (Å²) in [4.78, 5) is 3.61. The van der Waals surface area contributed by atoms with E-state index in [0.29, 0.717) is 0 Å². The number of halogens is 1. The second-order valence-corrected chi connectivity index (χ2v) is 4.91. The SMILES string of the molecule is CCn1c(-c2ccncc2F)nnc1S(N)(=O)=O. The Morgan fingerprint density at radius 3 is 2.72 bits per heavy atom. The van der Waals surface area contributed by atoms with Crippen molar-refractivity contribution < 1.29 is 12.8 Å². The van der Waals surface area contributed by atoms with Crippen LogP contribution in [0, 0.1) is 5.82 Å². The van der Waals surface area contributed by atoms with Crippen molar-refractivity contribution in [1.29, 1.82) is 0 Å². The lowest BCUT2D eigenvalue weighted by Gasteiger charge is -2.06. The second-order valence-electron chi connectivity index (χ2n) is 3.45. The highest BCUT2D eigenvalue weighted by molar-refractivity contribution is 7.89. The van der Waals surface area contributed by atoms with Crippen LogP contribution in [-0.4, -0.2) is 28.2 Å². The number of hydrogen-bond donors (Lipinski definition) is 1. The predicted octanol–water partition coefficient (Wildman–Crippen LogP) is 0.146. The maximum atomic E-state index is 13.6. The Hall–Kier alpha value is -1.87. The molecule has 0 bridgehead atoms. The fourth-order valence-corrected chi connectivity index (χ4v) is 2.22. The molecule has 0 amide bonds. The van der Waals surface area contributed by atoms with E-state index in [1.165, 1.54) is 16.8 Å². The molecule has 0 aliphatic carbocycles. The van der Waals surface area contributed by atoms with Crippen LogP contribution in [0.3, 0.4) is 0 Å². The van der Waals surface area contributed by atoms with Gasteiger partial charge in [-0.25, -0.2) is 17.9 Å². The molecule has 7 nitrogen and oxygen atoms in total. The number of rotatable bonds is 3. The van der Waals surface area contributed by atoms with Crippen LogP contribution in [-0.2, 0) is 16.6 Å². The van der Waals surface area contributed by atoms with Gasteiger partial charge in [0.15, 0.2) is 11.6 Å². The highest BCUT2D eigenvalue weighted by Crippen LogP contribution is 2.21. The Bertz CT molecular complexity index is 682. The molecule has 0 saturated heterocycles. The lowest BCUT2D eigenvalue weighted by atomic mass is 10.2. The van der Waals surface area contributed by atoms with Crippen molar-refractivity contribution in [2.45, 2.75) is 18.6 Å². The molecule has 0 spiro atoms. The van der Waals surface area contributed by atoms with E-state index >= 15 is 0 Å². The first-order chi connectivity index (χ1) is 8.45. The number of nitrogens with zero attached hydrogens (tertiary/aromatic N) is 4. The van der Waals surface area contributed by atoms with Crippen LogP contribution in [0.1, 0.15) is 6.92 Å². The number of hydrogen-bond acceptors (Lipinski definition) is 5. The van der Waals surface area contributed by atoms with Gasteiger partial charge < -0.3 is 0 Å². The highest BCUT2D eigenvalue weighted by atomic mass is 32.2. The third-order valence-electron chi connectivity index (χ3n) is 2.30. The van der Waals surface area contributed by atoms with Crippen LogP contribution in [0.5, 0.6) is 0 Å². The summed E-state index contributed by atoms with van der Waals surface area (Å²) in [6, 6.07) is 1.39. The molecule has 2 aromatic rings. The zero-order chi connectivity index (χ0) is 13.3. The normalized spacial score (nSPS) is 11.7. The Kier molecular flexibility index (Phi) is 3.09. The molecule has 0 aromatic carbocycles. The molecule has 0 fully saturated rings. The minimum atomic E-state index is -3.99. The average Bonchev–Trinajstić information content (AvgIpc) is 2.72. The van der Waals surface area contributed by atoms with E-state index < -0.39 is 21.0 Å². The average molecular weight is 271 g/mol. The fraction of sp³-hybridized carbons (Fsp3) is 0.222. The summed E-state index contributed by atoms with van der Waals surface area (Å²) in [7, 11) is -3.99. The van der Waals surface area contributed by atoms with E-state index in [0.717, 1.165) is 6.20 Å². The second kappa shape index (κ2) is 4.42. The van der Waals surface area contributed by atoms with Gasteiger partial charge in [-0.1, -0.05) is 0 Å². The summed E-state index contributed by atoms with van der Waals surface area (Å²) >= 11 is 0. The molecule has 96 valence electrons. The van der Waals surface area contributed by atoms with Gasteiger partial charge in [-0.3, -0.25) is 9.55 Å². The maximum Gasteiger partial charge on any atom is 0.273 e. The summed E-state index contributed by atoms with van der Waals surface area (Å²) in [6.07, 6.45) is 2.39. The molecule has 0 saturated carbocycles. The molecule has 2 N–H and O–H groups in total. The fourth-order valence-electron chi connectivity index (χ4n) is 1.54. The first-order valence-corrected chi connectivity index (χ1v) is 6.55. The molecule has 0 radical (unpaired) electrons. The van der Waals surface area contributed by atoms with Gasteiger partial charge in [0.25, 0.3) is 15.2 Å². The Balaban J connectivity index is 2.68. The number of primary sulfonamides is 1. The van der Waals surface area contributed by atoms with Crippen LogP contribution in [0.25, 0.3) is 11.4 Å². The number of sulfonamides is 1. The third kappa shape index (κ3) is 2.09. The third-order valence-corrected chi connectivity index (χ3v) is 3.11. The van der Waals surface area contributed by atoms with Crippen molar-refractivity contribution in [3.05, 3.63) is 24.3 Å². The molecule has 2 rings (SSSR count). The van der Waals surface area contributed by atoms with Crippen molar-refractivity contribution in [1.82, 2.24) is 19.7 Å². The van der Waals surface area contributed by atoms with Crippen LogP contribution < -0.4 is 5.14 Å². The van der Waals surface area contributed by atoms with E-state index in [1.807, 2.05) is 0 Å². The Morgan fingerprint density at radius 1 is 1.44 bits per heavy atom. The van der Waals surface area contributed by atoms with Gasteiger partial charge in [-0.05, 0) is 13.0 Å². The van der Waals surface area contributed by atoms with Gasteiger partial charge in [0, 0.05) is 12.7 Å². The number of pyridine rings is 1. The van der Waals surface area contributed by atoms with Gasteiger partial charge >= 0.3 is 0 Å². The Morgan fingerprint density at radius 2 is 2.17 bits per heavy atom. The monoisotopic (exact) mass is 271 g/mol. The van der Waals surface area contributed by atoms with Gasteiger partial charge in [0.1, 0.15) is 0 Å². The van der Waals surface area contributed by atoms with Crippen molar-refractivity contribution >= 4 is 10.0 Å². The van der Waals surface area contributed by atoms with Crippen LogP contribution in [0.15, 0.2) is 23.6 Å². The van der Waals surface area contributed by atoms with Crippen molar-refractivity contribution in [3.8, 4) is 11.4 Å².